The second-order valence-corrected chi connectivity index (χ2v) is 5.14. The minimum Gasteiger partial charge on any atom is -0.504 e. The highest BCUT2D eigenvalue weighted by atomic mass is 16.5. The molecular weight excluding hydrogens is 270 g/mol. The van der Waals surface area contributed by atoms with Crippen LogP contribution in [-0.2, 0) is 16.0 Å². The van der Waals surface area contributed by atoms with Crippen LogP contribution in [0.3, 0.4) is 0 Å². The number of aromatic hydroxyl groups is 1. The highest BCUT2D eigenvalue weighted by Gasteiger charge is 2.07. The van der Waals surface area contributed by atoms with Gasteiger partial charge in [-0.1, -0.05) is 6.07 Å². The Bertz CT molecular complexity index is 448. The van der Waals surface area contributed by atoms with Crippen molar-refractivity contribution in [2.75, 3.05) is 33.9 Å². The molecule has 0 amide bonds. The van der Waals surface area contributed by atoms with Crippen LogP contribution in [0, 0.1) is 0 Å². The van der Waals surface area contributed by atoms with E-state index in [1.54, 1.807) is 18.2 Å². The molecule has 0 aliphatic carbocycles. The number of carbonyl (C=O) groups is 1. The maximum absolute atomic E-state index is 11.6. The van der Waals surface area contributed by atoms with Crippen LogP contribution in [0.2, 0.25) is 0 Å². The first-order valence-corrected chi connectivity index (χ1v) is 7.39. The third-order valence-corrected chi connectivity index (χ3v) is 3.48. The van der Waals surface area contributed by atoms with Gasteiger partial charge in [0, 0.05) is 12.8 Å². The molecule has 0 spiro atoms. The quantitative estimate of drug-likeness (QED) is 0.523. The van der Waals surface area contributed by atoms with Crippen LogP contribution < -0.4 is 9.64 Å². The van der Waals surface area contributed by atoms with E-state index in [0.717, 1.165) is 25.1 Å². The summed E-state index contributed by atoms with van der Waals surface area (Å²) in [5.74, 6) is 0.342. The van der Waals surface area contributed by atoms with Gasteiger partial charge in [0.1, 0.15) is 0 Å². The van der Waals surface area contributed by atoms with Crippen molar-refractivity contribution < 1.29 is 24.3 Å². The van der Waals surface area contributed by atoms with Gasteiger partial charge < -0.3 is 19.5 Å². The lowest BCUT2D eigenvalue weighted by Gasteiger charge is -2.11. The maximum atomic E-state index is 11.6. The highest BCUT2D eigenvalue weighted by molar-refractivity contribution is 5.69. The zero-order valence-electron chi connectivity index (χ0n) is 13.1. The van der Waals surface area contributed by atoms with Crippen molar-refractivity contribution in [3.8, 4) is 11.5 Å². The van der Waals surface area contributed by atoms with E-state index in [1.165, 1.54) is 12.0 Å². The molecule has 0 bridgehead atoms. The van der Waals surface area contributed by atoms with Crippen LogP contribution in [0.1, 0.15) is 25.3 Å². The van der Waals surface area contributed by atoms with Gasteiger partial charge in [-0.2, -0.15) is 0 Å². The number of methoxy groups -OCH3 is 1. The number of esters is 1. The second-order valence-electron chi connectivity index (χ2n) is 5.14. The van der Waals surface area contributed by atoms with Crippen molar-refractivity contribution in [1.82, 2.24) is 0 Å². The molecule has 21 heavy (non-hydrogen) atoms. The lowest BCUT2D eigenvalue weighted by Crippen LogP contribution is -3.08. The molecule has 0 radical (unpaired) electrons. The Kier molecular flexibility index (Phi) is 7.61. The lowest BCUT2D eigenvalue weighted by molar-refractivity contribution is -0.877. The van der Waals surface area contributed by atoms with Gasteiger partial charge in [0.25, 0.3) is 0 Å². The number of rotatable bonds is 9. The zero-order chi connectivity index (χ0) is 15.7. The van der Waals surface area contributed by atoms with Crippen LogP contribution in [-0.4, -0.2) is 44.9 Å². The number of ether oxygens (including phenoxy) is 2. The summed E-state index contributed by atoms with van der Waals surface area (Å²) in [6.45, 7) is 4.71. The molecule has 1 unspecified atom stereocenters. The summed E-state index contributed by atoms with van der Waals surface area (Å²) in [6.07, 6.45) is 1.80. The Hall–Kier alpha value is -1.75. The van der Waals surface area contributed by atoms with Crippen molar-refractivity contribution in [2.24, 2.45) is 0 Å². The van der Waals surface area contributed by atoms with E-state index in [9.17, 15) is 9.90 Å². The fraction of sp³-hybridized carbons (Fsp3) is 0.562. The van der Waals surface area contributed by atoms with E-state index in [4.69, 9.17) is 9.47 Å². The fourth-order valence-corrected chi connectivity index (χ4v) is 1.93. The monoisotopic (exact) mass is 296 g/mol. The van der Waals surface area contributed by atoms with Gasteiger partial charge >= 0.3 is 5.97 Å². The maximum Gasteiger partial charge on any atom is 0.306 e. The van der Waals surface area contributed by atoms with E-state index in [2.05, 4.69) is 14.0 Å². The summed E-state index contributed by atoms with van der Waals surface area (Å²) >= 11 is 0. The summed E-state index contributed by atoms with van der Waals surface area (Å²) in [4.78, 5) is 13.1. The van der Waals surface area contributed by atoms with Gasteiger partial charge in [-0.25, -0.2) is 0 Å². The van der Waals surface area contributed by atoms with Crippen LogP contribution in [0.15, 0.2) is 18.2 Å². The SMILES string of the molecule is CC[NH+](C)CCCOC(=O)CCc1ccc(O)c(OC)c1. The minimum atomic E-state index is -0.184. The van der Waals surface area contributed by atoms with Gasteiger partial charge in [0.05, 0.1) is 33.9 Å². The predicted octanol–water partition coefficient (Wildman–Crippen LogP) is 0.801. The van der Waals surface area contributed by atoms with E-state index < -0.39 is 0 Å². The first-order chi connectivity index (χ1) is 10.1. The Balaban J connectivity index is 2.27. The molecule has 0 fully saturated rings. The first-order valence-electron chi connectivity index (χ1n) is 7.39. The third-order valence-electron chi connectivity index (χ3n) is 3.48. The number of hydrogen-bond donors (Lipinski definition) is 2. The molecule has 1 atom stereocenters. The average Bonchev–Trinajstić information content (AvgIpc) is 2.50. The van der Waals surface area contributed by atoms with E-state index >= 15 is 0 Å². The van der Waals surface area contributed by atoms with E-state index in [-0.39, 0.29) is 11.7 Å². The minimum absolute atomic E-state index is 0.103. The van der Waals surface area contributed by atoms with Gasteiger partial charge in [0.2, 0.25) is 0 Å². The van der Waals surface area contributed by atoms with E-state index in [0.29, 0.717) is 25.2 Å². The molecule has 5 nitrogen and oxygen atoms in total. The lowest BCUT2D eigenvalue weighted by atomic mass is 10.1. The molecule has 5 heteroatoms. The van der Waals surface area contributed by atoms with Gasteiger partial charge in [-0.15, -0.1) is 0 Å². The average molecular weight is 296 g/mol. The highest BCUT2D eigenvalue weighted by Crippen LogP contribution is 2.26. The molecule has 0 aromatic heterocycles. The number of phenols is 1. The normalized spacial score (nSPS) is 12.0. The largest absolute Gasteiger partial charge is 0.504 e. The van der Waals surface area contributed by atoms with Crippen LogP contribution in [0.4, 0.5) is 0 Å². The number of aryl methyl sites for hydroxylation is 1. The summed E-state index contributed by atoms with van der Waals surface area (Å²) in [6, 6.07) is 5.09. The molecular formula is C16H26NO4+. The third kappa shape index (κ3) is 6.49. The summed E-state index contributed by atoms with van der Waals surface area (Å²) in [5.41, 5.74) is 0.941. The molecule has 1 aromatic rings. The first kappa shape index (κ1) is 17.3. The van der Waals surface area contributed by atoms with E-state index in [1.807, 2.05) is 0 Å². The Morgan fingerprint density at radius 3 is 2.81 bits per heavy atom. The molecule has 0 aliphatic rings. The summed E-state index contributed by atoms with van der Waals surface area (Å²) in [7, 11) is 3.63. The Morgan fingerprint density at radius 2 is 2.14 bits per heavy atom. The summed E-state index contributed by atoms with van der Waals surface area (Å²) in [5, 5.41) is 9.50. The topological polar surface area (TPSA) is 60.2 Å². The number of benzene rings is 1. The standard InChI is InChI=1S/C16H25NO4/c1-4-17(2)10-5-11-21-16(19)9-7-13-6-8-14(18)15(12-13)20-3/h6,8,12,18H,4-5,7,9-11H2,1-3H3/p+1. The smallest absolute Gasteiger partial charge is 0.306 e. The van der Waals surface area contributed by atoms with Gasteiger partial charge in [-0.05, 0) is 31.0 Å². The summed E-state index contributed by atoms with van der Waals surface area (Å²) < 4.78 is 10.2. The van der Waals surface area contributed by atoms with Crippen LogP contribution in [0.5, 0.6) is 11.5 Å². The van der Waals surface area contributed by atoms with Crippen molar-refractivity contribution in [2.45, 2.75) is 26.2 Å². The molecule has 1 aromatic carbocycles. The molecule has 0 heterocycles. The van der Waals surface area contributed by atoms with Crippen molar-refractivity contribution >= 4 is 5.97 Å². The number of hydrogen-bond acceptors (Lipinski definition) is 4. The number of phenolic OH excluding ortho intramolecular Hbond substituents is 1. The fourth-order valence-electron chi connectivity index (χ4n) is 1.93. The van der Waals surface area contributed by atoms with Gasteiger partial charge in [-0.3, -0.25) is 4.79 Å². The Morgan fingerprint density at radius 1 is 1.38 bits per heavy atom. The van der Waals surface area contributed by atoms with Crippen LogP contribution >= 0.6 is 0 Å². The van der Waals surface area contributed by atoms with Gasteiger partial charge in [0.15, 0.2) is 11.5 Å². The van der Waals surface area contributed by atoms with Crippen LogP contribution in [0.25, 0.3) is 0 Å². The molecule has 0 saturated heterocycles. The molecule has 118 valence electrons. The molecule has 0 saturated carbocycles. The molecule has 1 rings (SSSR count). The Labute approximate surface area is 126 Å². The zero-order valence-corrected chi connectivity index (χ0v) is 13.1. The second kappa shape index (κ2) is 9.23. The number of nitrogens with one attached hydrogen (secondary N) is 1. The van der Waals surface area contributed by atoms with Crippen molar-refractivity contribution in [3.05, 3.63) is 23.8 Å². The molecule has 0 aliphatic heterocycles. The predicted molar refractivity (Wildman–Crippen MR) is 80.9 cm³/mol. The van der Waals surface area contributed by atoms with Crippen molar-refractivity contribution in [1.29, 1.82) is 0 Å². The molecule has 2 N–H and O–H groups in total. The number of quaternary nitrogens is 1. The number of carbonyl (C=O) groups excluding carboxylic acids is 1. The van der Waals surface area contributed by atoms with Crippen molar-refractivity contribution in [3.63, 3.8) is 0 Å².